The summed E-state index contributed by atoms with van der Waals surface area (Å²) in [5.74, 6) is -0.148. The number of aryl methyl sites for hydroxylation is 2. The molecule has 114 valence electrons. The minimum atomic E-state index is -0.398. The summed E-state index contributed by atoms with van der Waals surface area (Å²) in [6, 6.07) is 3.45. The third kappa shape index (κ3) is 2.69. The maximum absolute atomic E-state index is 14.5. The van der Waals surface area contributed by atoms with Crippen LogP contribution in [0.3, 0.4) is 0 Å². The topological polar surface area (TPSA) is 66.9 Å². The fourth-order valence-corrected chi connectivity index (χ4v) is 2.63. The molecule has 0 unspecified atom stereocenters. The predicted octanol–water partition coefficient (Wildman–Crippen LogP) is 2.13. The Morgan fingerprint density at radius 3 is 2.95 bits per heavy atom. The van der Waals surface area contributed by atoms with Gasteiger partial charge in [-0.2, -0.15) is 0 Å². The predicted molar refractivity (Wildman–Crippen MR) is 81.3 cm³/mol. The van der Waals surface area contributed by atoms with Gasteiger partial charge in [0.05, 0.1) is 16.9 Å². The number of hydrogen-bond donors (Lipinski definition) is 2. The van der Waals surface area contributed by atoms with Crippen LogP contribution in [0.1, 0.15) is 33.0 Å². The number of nitrogens with zero attached hydrogens (tertiary/aromatic N) is 2. The van der Waals surface area contributed by atoms with Crippen LogP contribution in [-0.2, 0) is 13.0 Å². The van der Waals surface area contributed by atoms with Gasteiger partial charge in [-0.15, -0.1) is 0 Å². The number of halogens is 1. The van der Waals surface area contributed by atoms with Crippen LogP contribution in [0.5, 0.6) is 0 Å². The van der Waals surface area contributed by atoms with Crippen molar-refractivity contribution < 1.29 is 9.18 Å². The molecule has 0 saturated heterocycles. The van der Waals surface area contributed by atoms with Crippen molar-refractivity contribution in [2.45, 2.75) is 26.8 Å². The Morgan fingerprint density at radius 1 is 1.36 bits per heavy atom. The van der Waals surface area contributed by atoms with Gasteiger partial charge in [-0.1, -0.05) is 6.07 Å². The second kappa shape index (κ2) is 5.81. The van der Waals surface area contributed by atoms with E-state index in [2.05, 4.69) is 20.6 Å². The number of hydrogen-bond acceptors (Lipinski definition) is 4. The molecule has 1 aliphatic rings. The number of carbonyl (C=O) groups excluding carboxylic acids is 1. The average molecular weight is 300 g/mol. The molecule has 3 rings (SSSR count). The number of aromatic nitrogens is 2. The Bertz CT molecular complexity index is 745. The maximum atomic E-state index is 14.5. The summed E-state index contributed by atoms with van der Waals surface area (Å²) >= 11 is 0. The molecule has 1 aromatic heterocycles. The minimum absolute atomic E-state index is 0.200. The molecule has 0 atom stereocenters. The molecule has 0 radical (unpaired) electrons. The Hall–Kier alpha value is -2.34. The van der Waals surface area contributed by atoms with E-state index in [1.165, 1.54) is 6.20 Å². The molecule has 6 heteroatoms. The molecule has 5 nitrogen and oxygen atoms in total. The molecule has 0 spiro atoms. The highest BCUT2D eigenvalue weighted by atomic mass is 19.1. The van der Waals surface area contributed by atoms with Crippen LogP contribution in [0.4, 0.5) is 10.1 Å². The molecule has 1 aliphatic heterocycles. The number of anilines is 1. The lowest BCUT2D eigenvalue weighted by Gasteiger charge is -2.19. The molecule has 0 bridgehead atoms. The van der Waals surface area contributed by atoms with Crippen LogP contribution in [0.15, 0.2) is 18.3 Å². The van der Waals surface area contributed by atoms with Gasteiger partial charge in [-0.25, -0.2) is 14.4 Å². The van der Waals surface area contributed by atoms with Crippen molar-refractivity contribution in [3.8, 4) is 0 Å². The van der Waals surface area contributed by atoms with Crippen molar-refractivity contribution in [1.29, 1.82) is 0 Å². The van der Waals surface area contributed by atoms with Crippen molar-refractivity contribution in [2.24, 2.45) is 0 Å². The van der Waals surface area contributed by atoms with Gasteiger partial charge in [0.25, 0.3) is 5.91 Å². The third-order valence-corrected chi connectivity index (χ3v) is 3.80. The van der Waals surface area contributed by atoms with Crippen LogP contribution in [0, 0.1) is 19.7 Å². The van der Waals surface area contributed by atoms with Gasteiger partial charge in [0.1, 0.15) is 11.6 Å². The zero-order valence-electron chi connectivity index (χ0n) is 12.5. The summed E-state index contributed by atoms with van der Waals surface area (Å²) in [5.41, 5.74) is 2.74. The first-order valence-corrected chi connectivity index (χ1v) is 7.19. The van der Waals surface area contributed by atoms with Crippen LogP contribution < -0.4 is 10.6 Å². The van der Waals surface area contributed by atoms with Crippen LogP contribution in [0.2, 0.25) is 0 Å². The van der Waals surface area contributed by atoms with Crippen molar-refractivity contribution in [3.05, 3.63) is 52.4 Å². The second-order valence-corrected chi connectivity index (χ2v) is 5.36. The highest BCUT2D eigenvalue weighted by Gasteiger charge is 2.19. The zero-order valence-corrected chi connectivity index (χ0v) is 12.5. The van der Waals surface area contributed by atoms with Crippen molar-refractivity contribution >= 4 is 11.6 Å². The van der Waals surface area contributed by atoms with Crippen molar-refractivity contribution in [1.82, 2.24) is 15.3 Å². The first kappa shape index (κ1) is 14.6. The third-order valence-electron chi connectivity index (χ3n) is 3.80. The average Bonchev–Trinajstić information content (AvgIpc) is 2.50. The van der Waals surface area contributed by atoms with E-state index in [1.807, 2.05) is 6.07 Å². The smallest absolute Gasteiger partial charge is 0.259 e. The van der Waals surface area contributed by atoms with Crippen molar-refractivity contribution in [2.75, 3.05) is 11.9 Å². The van der Waals surface area contributed by atoms with E-state index in [-0.39, 0.29) is 11.5 Å². The fourth-order valence-electron chi connectivity index (χ4n) is 2.63. The minimum Gasteiger partial charge on any atom is -0.319 e. The lowest BCUT2D eigenvalue weighted by Crippen LogP contribution is -2.25. The Labute approximate surface area is 128 Å². The normalized spacial score (nSPS) is 13.6. The standard InChI is InChI=1S/C16H17FN4O/c1-9-13(8-19-10(2)20-9)16(22)21-14-4-3-11-7-18-6-5-12(11)15(14)17/h3-4,8,18H,5-7H2,1-2H3,(H,21,22). The quantitative estimate of drug-likeness (QED) is 0.891. The zero-order chi connectivity index (χ0) is 15.7. The molecule has 0 fully saturated rings. The number of rotatable bonds is 2. The van der Waals surface area contributed by atoms with Gasteiger partial charge in [-0.3, -0.25) is 4.79 Å². The number of amides is 1. The fraction of sp³-hybridized carbons (Fsp3) is 0.312. The number of nitrogens with one attached hydrogen (secondary N) is 2. The van der Waals surface area contributed by atoms with Gasteiger partial charge in [0.2, 0.25) is 0 Å². The number of carbonyl (C=O) groups is 1. The molecule has 2 heterocycles. The van der Waals surface area contributed by atoms with E-state index >= 15 is 0 Å². The van der Waals surface area contributed by atoms with Gasteiger partial charge >= 0.3 is 0 Å². The van der Waals surface area contributed by atoms with E-state index in [9.17, 15) is 9.18 Å². The molecule has 2 aromatic rings. The monoisotopic (exact) mass is 300 g/mol. The van der Waals surface area contributed by atoms with E-state index in [1.54, 1.807) is 19.9 Å². The van der Waals surface area contributed by atoms with Gasteiger partial charge < -0.3 is 10.6 Å². The van der Waals surface area contributed by atoms with E-state index in [0.29, 0.717) is 35.6 Å². The van der Waals surface area contributed by atoms with Crippen LogP contribution in [-0.4, -0.2) is 22.4 Å². The molecule has 0 saturated carbocycles. The molecule has 0 aliphatic carbocycles. The number of fused-ring (bicyclic) bond motifs is 1. The molecular weight excluding hydrogens is 283 g/mol. The van der Waals surface area contributed by atoms with E-state index in [0.717, 1.165) is 12.1 Å². The van der Waals surface area contributed by atoms with Gasteiger partial charge in [0.15, 0.2) is 0 Å². The van der Waals surface area contributed by atoms with E-state index in [4.69, 9.17) is 0 Å². The molecule has 1 amide bonds. The van der Waals surface area contributed by atoms with E-state index < -0.39 is 5.91 Å². The SMILES string of the molecule is Cc1ncc(C(=O)Nc2ccc3c(c2F)CCNC3)c(C)n1. The summed E-state index contributed by atoms with van der Waals surface area (Å²) < 4.78 is 14.5. The summed E-state index contributed by atoms with van der Waals surface area (Å²) in [4.78, 5) is 20.5. The summed E-state index contributed by atoms with van der Waals surface area (Å²) in [7, 11) is 0. The lowest BCUT2D eigenvalue weighted by molar-refractivity contribution is 0.102. The lowest BCUT2D eigenvalue weighted by atomic mass is 9.99. The summed E-state index contributed by atoms with van der Waals surface area (Å²) in [6.45, 7) is 4.89. The molecule has 22 heavy (non-hydrogen) atoms. The second-order valence-electron chi connectivity index (χ2n) is 5.36. The molecule has 1 aromatic carbocycles. The van der Waals surface area contributed by atoms with Crippen LogP contribution in [0.25, 0.3) is 0 Å². The van der Waals surface area contributed by atoms with Crippen LogP contribution >= 0.6 is 0 Å². The largest absolute Gasteiger partial charge is 0.319 e. The first-order valence-electron chi connectivity index (χ1n) is 7.19. The molecular formula is C16H17FN4O. The highest BCUT2D eigenvalue weighted by Crippen LogP contribution is 2.25. The van der Waals surface area contributed by atoms with Gasteiger partial charge in [0, 0.05) is 12.7 Å². The Kier molecular flexibility index (Phi) is 3.85. The molecule has 2 N–H and O–H groups in total. The van der Waals surface area contributed by atoms with Crippen molar-refractivity contribution in [3.63, 3.8) is 0 Å². The first-order chi connectivity index (χ1) is 10.6. The number of benzene rings is 1. The summed E-state index contributed by atoms with van der Waals surface area (Å²) in [6.07, 6.45) is 2.09. The maximum Gasteiger partial charge on any atom is 0.259 e. The summed E-state index contributed by atoms with van der Waals surface area (Å²) in [5, 5.41) is 5.82. The Morgan fingerprint density at radius 2 is 2.18 bits per heavy atom. The van der Waals surface area contributed by atoms with Gasteiger partial charge in [-0.05, 0) is 44.0 Å². The highest BCUT2D eigenvalue weighted by molar-refractivity contribution is 6.04. The Balaban J connectivity index is 1.88.